The lowest BCUT2D eigenvalue weighted by atomic mass is 9.90. The largest absolute Gasteiger partial charge is 0.354 e. The van der Waals surface area contributed by atoms with E-state index in [0.717, 1.165) is 45.2 Å². The lowest BCUT2D eigenvalue weighted by Crippen LogP contribution is -2.58. The van der Waals surface area contributed by atoms with Gasteiger partial charge in [0.1, 0.15) is 5.82 Å². The number of nitrogens with two attached hydrogens (primary N) is 2. The summed E-state index contributed by atoms with van der Waals surface area (Å²) < 4.78 is 1.46. The lowest BCUT2D eigenvalue weighted by Gasteiger charge is -2.37. The van der Waals surface area contributed by atoms with Gasteiger partial charge >= 0.3 is 11.7 Å². The number of hydrogen-bond donors (Lipinski definition) is 3. The molecule has 0 atom stereocenters. The summed E-state index contributed by atoms with van der Waals surface area (Å²) in [6, 6.07) is 10.1. The second-order valence-electron chi connectivity index (χ2n) is 11.6. The highest BCUT2D eigenvalue weighted by atomic mass is 35.5. The lowest BCUT2D eigenvalue weighted by molar-refractivity contribution is -0.137. The van der Waals surface area contributed by atoms with Gasteiger partial charge in [-0.05, 0) is 76.3 Å². The fourth-order valence-corrected chi connectivity index (χ4v) is 5.52. The molecular formula is C29H45ClN8O3. The van der Waals surface area contributed by atoms with Crippen molar-refractivity contribution < 1.29 is 9.59 Å². The van der Waals surface area contributed by atoms with E-state index in [2.05, 4.69) is 34.3 Å². The summed E-state index contributed by atoms with van der Waals surface area (Å²) in [6.07, 6.45) is 7.18. The van der Waals surface area contributed by atoms with E-state index in [9.17, 15) is 14.4 Å². The Kier molecular flexibility index (Phi) is 11.3. The molecule has 41 heavy (non-hydrogen) atoms. The monoisotopic (exact) mass is 588 g/mol. The van der Waals surface area contributed by atoms with Gasteiger partial charge < -0.3 is 21.3 Å². The van der Waals surface area contributed by atoms with E-state index in [0.29, 0.717) is 44.0 Å². The first-order valence-electron chi connectivity index (χ1n) is 14.4. The van der Waals surface area contributed by atoms with Crippen molar-refractivity contribution in [2.75, 3.05) is 38.0 Å². The van der Waals surface area contributed by atoms with Crippen LogP contribution in [0.2, 0.25) is 0 Å². The zero-order valence-corrected chi connectivity index (χ0v) is 25.2. The Morgan fingerprint density at radius 1 is 1.02 bits per heavy atom. The summed E-state index contributed by atoms with van der Waals surface area (Å²) in [4.78, 5) is 47.8. The van der Waals surface area contributed by atoms with Crippen molar-refractivity contribution in [3.05, 3.63) is 52.6 Å². The predicted octanol–water partition coefficient (Wildman–Crippen LogP) is 2.55. The number of aromatic nitrogens is 2. The highest BCUT2D eigenvalue weighted by Gasteiger charge is 2.31. The number of piperazine rings is 1. The van der Waals surface area contributed by atoms with Gasteiger partial charge in [0.25, 0.3) is 0 Å². The van der Waals surface area contributed by atoms with Crippen molar-refractivity contribution in [2.45, 2.75) is 77.0 Å². The minimum absolute atomic E-state index is 0. The molecule has 1 aliphatic heterocycles. The van der Waals surface area contributed by atoms with Gasteiger partial charge in [0.05, 0.1) is 11.2 Å². The molecule has 2 heterocycles. The number of nitrogens with zero attached hydrogens (tertiary/aromatic N) is 5. The van der Waals surface area contributed by atoms with Crippen LogP contribution in [-0.2, 0) is 11.3 Å². The molecule has 2 aromatic rings. The van der Waals surface area contributed by atoms with Crippen LogP contribution in [0.4, 0.5) is 10.6 Å². The molecule has 1 saturated carbocycles. The Morgan fingerprint density at radius 3 is 2.20 bits per heavy atom. The summed E-state index contributed by atoms with van der Waals surface area (Å²) in [5.41, 5.74) is 12.5. The molecule has 3 amide bonds. The maximum atomic E-state index is 12.8. The molecule has 1 saturated heterocycles. The van der Waals surface area contributed by atoms with Crippen LogP contribution in [0.5, 0.6) is 0 Å². The smallest absolute Gasteiger partial charge is 0.338 e. The molecule has 1 aliphatic carbocycles. The molecular weight excluding hydrogens is 544 g/mol. The Balaban J connectivity index is 0.00000462. The molecule has 0 bridgehead atoms. The van der Waals surface area contributed by atoms with Gasteiger partial charge in [0, 0.05) is 51.0 Å². The van der Waals surface area contributed by atoms with Gasteiger partial charge in [-0.1, -0.05) is 19.1 Å². The SMILES string of the molecule is CCCN(Cc1ccc(-n2ccc(NC(=O)N3CCN(C(=O)C(C)(C)N)CC3)nc2=O)cc1)C1CCC(N)CC1.Cl. The van der Waals surface area contributed by atoms with Crippen LogP contribution in [-0.4, -0.2) is 86.5 Å². The average Bonchev–Trinajstić information content (AvgIpc) is 2.93. The second kappa shape index (κ2) is 14.3. The van der Waals surface area contributed by atoms with Crippen molar-refractivity contribution >= 4 is 30.2 Å². The molecule has 12 heteroatoms. The van der Waals surface area contributed by atoms with Crippen molar-refractivity contribution in [2.24, 2.45) is 11.5 Å². The molecule has 5 N–H and O–H groups in total. The quantitative estimate of drug-likeness (QED) is 0.430. The molecule has 1 aromatic heterocycles. The maximum absolute atomic E-state index is 12.8. The van der Waals surface area contributed by atoms with Gasteiger partial charge in [-0.25, -0.2) is 9.59 Å². The highest BCUT2D eigenvalue weighted by Crippen LogP contribution is 2.24. The standard InChI is InChI=1S/C29H44N8O3.ClH/c1-4-14-36(23-11-7-22(30)8-12-23)20-21-5-9-24(10-6-21)37-15-13-25(33-28(37)40)32-27(39)35-18-16-34(17-19-35)26(38)29(2,3)31;/h5-6,9-10,13,15,22-23H,4,7-8,11-12,14,16-20,30-31H2,1-3H3,(H,32,33,39,40);1H. The third-order valence-electron chi connectivity index (χ3n) is 7.81. The number of rotatable bonds is 8. The van der Waals surface area contributed by atoms with Gasteiger partial charge in [0.15, 0.2) is 0 Å². The summed E-state index contributed by atoms with van der Waals surface area (Å²) >= 11 is 0. The van der Waals surface area contributed by atoms with Gasteiger partial charge in [0.2, 0.25) is 5.91 Å². The third kappa shape index (κ3) is 8.51. The molecule has 0 unspecified atom stereocenters. The Bertz CT molecular complexity index is 1210. The molecule has 11 nitrogen and oxygen atoms in total. The zero-order valence-electron chi connectivity index (χ0n) is 24.4. The van der Waals surface area contributed by atoms with Crippen LogP contribution >= 0.6 is 12.4 Å². The highest BCUT2D eigenvalue weighted by molar-refractivity contribution is 5.89. The van der Waals surface area contributed by atoms with Crippen molar-refractivity contribution in [3.63, 3.8) is 0 Å². The minimum atomic E-state index is -0.946. The Hall–Kier alpha value is -2.99. The number of benzene rings is 1. The zero-order chi connectivity index (χ0) is 28.9. The number of amides is 3. The van der Waals surface area contributed by atoms with E-state index in [1.807, 2.05) is 12.1 Å². The topological polar surface area (TPSA) is 143 Å². The van der Waals surface area contributed by atoms with Crippen LogP contribution in [0.15, 0.2) is 41.3 Å². The first-order chi connectivity index (χ1) is 19.0. The molecule has 226 valence electrons. The molecule has 1 aromatic carbocycles. The molecule has 0 radical (unpaired) electrons. The van der Waals surface area contributed by atoms with Gasteiger partial charge in [-0.3, -0.25) is 19.6 Å². The fraction of sp³-hybridized carbons (Fsp3) is 0.586. The van der Waals surface area contributed by atoms with Crippen LogP contribution in [0.1, 0.15) is 58.4 Å². The summed E-state index contributed by atoms with van der Waals surface area (Å²) in [7, 11) is 0. The number of carbonyl (C=O) groups excluding carboxylic acids is 2. The van der Waals surface area contributed by atoms with E-state index in [1.54, 1.807) is 35.9 Å². The first-order valence-corrected chi connectivity index (χ1v) is 14.4. The number of halogens is 1. The summed E-state index contributed by atoms with van der Waals surface area (Å²) in [6.45, 7) is 9.05. The maximum Gasteiger partial charge on any atom is 0.354 e. The molecule has 2 fully saturated rings. The van der Waals surface area contributed by atoms with Crippen molar-refractivity contribution in [1.29, 1.82) is 0 Å². The molecule has 0 spiro atoms. The third-order valence-corrected chi connectivity index (χ3v) is 7.81. The normalized spacial score (nSPS) is 19.6. The molecule has 4 rings (SSSR count). The fourth-order valence-electron chi connectivity index (χ4n) is 5.52. The van der Waals surface area contributed by atoms with Crippen molar-refractivity contribution in [3.8, 4) is 5.69 Å². The van der Waals surface area contributed by atoms with E-state index in [1.165, 1.54) is 10.1 Å². The number of carbonyl (C=O) groups is 2. The van der Waals surface area contributed by atoms with Crippen LogP contribution in [0.3, 0.4) is 0 Å². The van der Waals surface area contributed by atoms with Crippen LogP contribution < -0.4 is 22.5 Å². The Labute approximate surface area is 248 Å². The second-order valence-corrected chi connectivity index (χ2v) is 11.6. The van der Waals surface area contributed by atoms with Gasteiger partial charge in [-0.15, -0.1) is 12.4 Å². The minimum Gasteiger partial charge on any atom is -0.338 e. The van der Waals surface area contributed by atoms with Crippen LogP contribution in [0, 0.1) is 0 Å². The van der Waals surface area contributed by atoms with Crippen LogP contribution in [0.25, 0.3) is 5.69 Å². The van der Waals surface area contributed by atoms with Gasteiger partial charge in [-0.2, -0.15) is 4.98 Å². The molecule has 2 aliphatic rings. The average molecular weight is 589 g/mol. The summed E-state index contributed by atoms with van der Waals surface area (Å²) in [5.74, 6) is 0.0467. The predicted molar refractivity (Wildman–Crippen MR) is 163 cm³/mol. The number of nitrogens with one attached hydrogen (secondary N) is 1. The van der Waals surface area contributed by atoms with Crippen molar-refractivity contribution in [1.82, 2.24) is 24.3 Å². The van der Waals surface area contributed by atoms with E-state index in [-0.39, 0.29) is 30.2 Å². The number of anilines is 1. The van der Waals surface area contributed by atoms with E-state index in [4.69, 9.17) is 11.5 Å². The Morgan fingerprint density at radius 2 is 1.63 bits per heavy atom. The van der Waals surface area contributed by atoms with E-state index < -0.39 is 11.2 Å². The number of hydrogen-bond acceptors (Lipinski definition) is 7. The van der Waals surface area contributed by atoms with E-state index >= 15 is 0 Å². The number of urea groups is 1. The summed E-state index contributed by atoms with van der Waals surface area (Å²) in [5, 5.41) is 2.70. The first kappa shape index (κ1) is 32.5.